The standard InChI is InChI=1S/C20H25BrO8/c1-19(2)25-8-14(27-19)15-16(17-18(26-15)29-20(3,4)28-17)22-7-10-5-12-13(6-11(10)21)24-9-23-12/h5-6,14-18H,7-9H2,1-4H3/t14-,15-,16+,17-,18-/m1/s1. The molecule has 1 aromatic rings. The van der Waals surface area contributed by atoms with Crippen LogP contribution in [0.1, 0.15) is 33.3 Å². The largest absolute Gasteiger partial charge is 0.454 e. The van der Waals surface area contributed by atoms with Crippen molar-refractivity contribution in [2.24, 2.45) is 0 Å². The number of rotatable bonds is 4. The van der Waals surface area contributed by atoms with Crippen LogP contribution in [0.25, 0.3) is 0 Å². The number of halogens is 1. The van der Waals surface area contributed by atoms with Crippen LogP contribution in [-0.4, -0.2) is 55.7 Å². The van der Waals surface area contributed by atoms with Crippen LogP contribution < -0.4 is 9.47 Å². The smallest absolute Gasteiger partial charge is 0.231 e. The summed E-state index contributed by atoms with van der Waals surface area (Å²) >= 11 is 3.58. The Morgan fingerprint density at radius 1 is 1.00 bits per heavy atom. The Balaban J connectivity index is 1.35. The normalized spacial score (nSPS) is 36.5. The van der Waals surface area contributed by atoms with Crippen molar-refractivity contribution in [1.82, 2.24) is 0 Å². The molecule has 4 aliphatic heterocycles. The first-order chi connectivity index (χ1) is 13.7. The third kappa shape index (κ3) is 3.78. The predicted molar refractivity (Wildman–Crippen MR) is 102 cm³/mol. The summed E-state index contributed by atoms with van der Waals surface area (Å²) in [6.45, 7) is 8.50. The fraction of sp³-hybridized carbons (Fsp3) is 0.700. The molecule has 8 nitrogen and oxygen atoms in total. The summed E-state index contributed by atoms with van der Waals surface area (Å²) in [4.78, 5) is 0. The van der Waals surface area contributed by atoms with Gasteiger partial charge in [-0.15, -0.1) is 0 Å². The number of ether oxygens (including phenoxy) is 8. The summed E-state index contributed by atoms with van der Waals surface area (Å²) in [6, 6.07) is 3.81. The Labute approximate surface area is 177 Å². The summed E-state index contributed by atoms with van der Waals surface area (Å²) < 4.78 is 48.1. The van der Waals surface area contributed by atoms with Crippen LogP contribution in [0.4, 0.5) is 0 Å². The number of hydrogen-bond acceptors (Lipinski definition) is 8. The van der Waals surface area contributed by atoms with Crippen LogP contribution in [0.2, 0.25) is 0 Å². The Bertz CT molecular complexity index is 797. The average molecular weight is 473 g/mol. The van der Waals surface area contributed by atoms with E-state index >= 15 is 0 Å². The maximum atomic E-state index is 6.34. The molecule has 4 heterocycles. The van der Waals surface area contributed by atoms with Gasteiger partial charge in [-0.1, -0.05) is 15.9 Å². The topological polar surface area (TPSA) is 73.8 Å². The first-order valence-electron chi connectivity index (χ1n) is 9.73. The van der Waals surface area contributed by atoms with Gasteiger partial charge in [-0.2, -0.15) is 0 Å². The molecule has 0 amide bonds. The maximum Gasteiger partial charge on any atom is 0.231 e. The average Bonchev–Trinajstić information content (AvgIpc) is 3.35. The molecule has 5 rings (SSSR count). The minimum absolute atomic E-state index is 0.226. The lowest BCUT2D eigenvalue weighted by atomic mass is 10.1. The summed E-state index contributed by atoms with van der Waals surface area (Å²) in [5, 5.41) is 0. The molecule has 1 aromatic carbocycles. The monoisotopic (exact) mass is 472 g/mol. The molecule has 0 aliphatic carbocycles. The molecule has 0 aromatic heterocycles. The molecule has 0 bridgehead atoms. The molecule has 0 radical (unpaired) electrons. The SMILES string of the molecule is CC1(C)O[C@H]2O[C@H]([C@H]3COC(C)(C)O3)[C@H](OCc3cc4c(cc3Br)OCO4)[C@H]2O1. The van der Waals surface area contributed by atoms with Crippen molar-refractivity contribution in [3.63, 3.8) is 0 Å². The van der Waals surface area contributed by atoms with Gasteiger partial charge >= 0.3 is 0 Å². The molecule has 29 heavy (non-hydrogen) atoms. The van der Waals surface area contributed by atoms with E-state index in [4.69, 9.17) is 37.9 Å². The lowest BCUT2D eigenvalue weighted by Crippen LogP contribution is -2.44. The van der Waals surface area contributed by atoms with Crippen LogP contribution in [-0.2, 0) is 35.0 Å². The summed E-state index contributed by atoms with van der Waals surface area (Å²) in [7, 11) is 0. The maximum absolute atomic E-state index is 6.34. The molecular weight excluding hydrogens is 448 g/mol. The van der Waals surface area contributed by atoms with E-state index in [9.17, 15) is 0 Å². The zero-order valence-electron chi connectivity index (χ0n) is 16.8. The fourth-order valence-electron chi connectivity index (χ4n) is 4.13. The zero-order chi connectivity index (χ0) is 20.4. The van der Waals surface area contributed by atoms with E-state index < -0.39 is 17.9 Å². The lowest BCUT2D eigenvalue weighted by molar-refractivity contribution is -0.236. The zero-order valence-corrected chi connectivity index (χ0v) is 18.4. The van der Waals surface area contributed by atoms with Gasteiger partial charge in [-0.3, -0.25) is 0 Å². The summed E-state index contributed by atoms with van der Waals surface area (Å²) in [5.41, 5.74) is 0.943. The van der Waals surface area contributed by atoms with Gasteiger partial charge in [0, 0.05) is 4.47 Å². The van der Waals surface area contributed by atoms with Crippen molar-refractivity contribution in [3.05, 3.63) is 22.2 Å². The molecule has 0 spiro atoms. The van der Waals surface area contributed by atoms with Gasteiger partial charge in [-0.05, 0) is 45.4 Å². The van der Waals surface area contributed by atoms with E-state index in [1.807, 2.05) is 39.8 Å². The molecule has 0 unspecified atom stereocenters. The molecule has 5 atom stereocenters. The highest BCUT2D eigenvalue weighted by Gasteiger charge is 2.58. The summed E-state index contributed by atoms with van der Waals surface area (Å²) in [6.07, 6.45) is -1.86. The number of fused-ring (bicyclic) bond motifs is 2. The van der Waals surface area contributed by atoms with Crippen molar-refractivity contribution in [2.75, 3.05) is 13.4 Å². The van der Waals surface area contributed by atoms with E-state index in [2.05, 4.69) is 15.9 Å². The van der Waals surface area contributed by atoms with Gasteiger partial charge < -0.3 is 37.9 Å². The third-order valence-corrected chi connectivity index (χ3v) is 6.13. The van der Waals surface area contributed by atoms with Crippen molar-refractivity contribution in [2.45, 2.75) is 76.6 Å². The van der Waals surface area contributed by atoms with E-state index in [1.54, 1.807) is 0 Å². The van der Waals surface area contributed by atoms with Crippen molar-refractivity contribution >= 4 is 15.9 Å². The second-order valence-corrected chi connectivity index (χ2v) is 9.36. The molecule has 9 heteroatoms. The quantitative estimate of drug-likeness (QED) is 0.661. The molecule has 4 aliphatic rings. The Morgan fingerprint density at radius 3 is 2.48 bits per heavy atom. The summed E-state index contributed by atoms with van der Waals surface area (Å²) in [5.74, 6) is 0.0427. The van der Waals surface area contributed by atoms with Crippen molar-refractivity contribution in [1.29, 1.82) is 0 Å². The highest BCUT2D eigenvalue weighted by atomic mass is 79.9. The molecule has 3 saturated heterocycles. The van der Waals surface area contributed by atoms with Gasteiger partial charge in [-0.25, -0.2) is 0 Å². The van der Waals surface area contributed by atoms with Crippen molar-refractivity contribution < 1.29 is 37.9 Å². The minimum atomic E-state index is -0.729. The first kappa shape index (κ1) is 20.0. The lowest BCUT2D eigenvalue weighted by Gasteiger charge is -2.29. The van der Waals surface area contributed by atoms with Gasteiger partial charge in [0.05, 0.1) is 13.2 Å². The molecule has 160 valence electrons. The third-order valence-electron chi connectivity index (χ3n) is 5.40. The van der Waals surface area contributed by atoms with Gasteiger partial charge in [0.25, 0.3) is 0 Å². The molecule has 0 N–H and O–H groups in total. The van der Waals surface area contributed by atoms with Crippen molar-refractivity contribution in [3.8, 4) is 11.5 Å². The van der Waals surface area contributed by atoms with Crippen LogP contribution in [0.3, 0.4) is 0 Å². The van der Waals surface area contributed by atoms with Crippen LogP contribution in [0, 0.1) is 0 Å². The van der Waals surface area contributed by atoms with Crippen LogP contribution >= 0.6 is 15.9 Å². The molecule has 3 fully saturated rings. The fourth-order valence-corrected chi connectivity index (χ4v) is 4.56. The molecular formula is C20H25BrO8. The van der Waals surface area contributed by atoms with E-state index in [-0.39, 0.29) is 31.2 Å². The Kier molecular flexibility index (Phi) is 4.86. The van der Waals surface area contributed by atoms with Gasteiger partial charge in [0.15, 0.2) is 29.4 Å². The van der Waals surface area contributed by atoms with Gasteiger partial charge in [0.1, 0.15) is 24.4 Å². The highest BCUT2D eigenvalue weighted by molar-refractivity contribution is 9.10. The predicted octanol–water partition coefficient (Wildman–Crippen LogP) is 3.09. The van der Waals surface area contributed by atoms with Crippen LogP contribution in [0.15, 0.2) is 16.6 Å². The van der Waals surface area contributed by atoms with E-state index in [1.165, 1.54) is 0 Å². The Morgan fingerprint density at radius 2 is 1.76 bits per heavy atom. The number of benzene rings is 1. The van der Waals surface area contributed by atoms with E-state index in [0.29, 0.717) is 19.0 Å². The van der Waals surface area contributed by atoms with Crippen LogP contribution in [0.5, 0.6) is 11.5 Å². The number of hydrogen-bond donors (Lipinski definition) is 0. The van der Waals surface area contributed by atoms with Gasteiger partial charge in [0.2, 0.25) is 6.79 Å². The minimum Gasteiger partial charge on any atom is -0.454 e. The second kappa shape index (κ2) is 7.05. The highest BCUT2D eigenvalue weighted by Crippen LogP contribution is 2.43. The first-order valence-corrected chi connectivity index (χ1v) is 10.5. The second-order valence-electron chi connectivity index (χ2n) is 8.51. The molecule has 0 saturated carbocycles. The van der Waals surface area contributed by atoms with E-state index in [0.717, 1.165) is 15.8 Å². The Hall–Kier alpha value is -0.940.